The molecule has 2 aromatic heterocycles. The Labute approximate surface area is 242 Å². The molecule has 0 bridgehead atoms. The number of rotatable bonds is 3. The fourth-order valence-electron chi connectivity index (χ4n) is 5.42. The molecule has 1 amide bonds. The molecule has 3 aromatic rings. The van der Waals surface area contributed by atoms with E-state index < -0.39 is 11.2 Å². The molecule has 1 unspecified atom stereocenters. The highest BCUT2D eigenvalue weighted by molar-refractivity contribution is 9.10. The van der Waals surface area contributed by atoms with Gasteiger partial charge < -0.3 is 19.3 Å². The van der Waals surface area contributed by atoms with Crippen LogP contribution in [0.4, 0.5) is 4.79 Å². The molecular weight excluding hydrogens is 582 g/mol. The van der Waals surface area contributed by atoms with Crippen LogP contribution >= 0.6 is 27.5 Å². The number of hydrogen-bond acceptors (Lipinski definition) is 6. The second-order valence-electron chi connectivity index (χ2n) is 11.3. The van der Waals surface area contributed by atoms with Crippen LogP contribution < -0.4 is 0 Å². The molecule has 0 radical (unpaired) electrons. The lowest BCUT2D eigenvalue weighted by atomic mass is 9.84. The van der Waals surface area contributed by atoms with Crippen molar-refractivity contribution >= 4 is 45.3 Å². The predicted octanol–water partition coefficient (Wildman–Crippen LogP) is 5.63. The minimum absolute atomic E-state index is 0.211. The number of carbonyl (C=O) groups is 1. The number of fused-ring (bicyclic) bond motifs is 2. The summed E-state index contributed by atoms with van der Waals surface area (Å²) in [4.78, 5) is 26.0. The first-order valence-electron chi connectivity index (χ1n) is 12.9. The number of benzene rings is 1. The number of ether oxygens (including phenoxy) is 1. The lowest BCUT2D eigenvalue weighted by Crippen LogP contribution is -2.51. The Morgan fingerprint density at radius 1 is 1.13 bits per heavy atom. The van der Waals surface area contributed by atoms with Gasteiger partial charge in [0.05, 0.1) is 30.0 Å². The standard InChI is InChI=1S/C29H33BrClN5O3/c1-28(2,3)39-27(37)36-10-8-35(9-11-36)26-21-7-6-20(31)14-22(21)23(13-18-12-19(30)15-33-25(18)26)29(4,38)24-16-32-17-34(24)5/h6-7,12-17,26,38H,8-11H2,1-5H3/t26-,29?/m1/s1. The third-order valence-corrected chi connectivity index (χ3v) is 7.91. The van der Waals surface area contributed by atoms with Crippen LogP contribution in [0.3, 0.4) is 0 Å². The summed E-state index contributed by atoms with van der Waals surface area (Å²) in [5.74, 6) is 0. The van der Waals surface area contributed by atoms with Crippen molar-refractivity contribution in [3.8, 4) is 0 Å². The Balaban J connectivity index is 1.59. The molecule has 39 heavy (non-hydrogen) atoms. The van der Waals surface area contributed by atoms with E-state index in [2.05, 4.69) is 25.8 Å². The first-order valence-corrected chi connectivity index (χ1v) is 14.1. The monoisotopic (exact) mass is 613 g/mol. The van der Waals surface area contributed by atoms with Crippen LogP contribution in [0.25, 0.3) is 11.6 Å². The minimum atomic E-state index is -1.37. The molecular formula is C29H33BrClN5O3. The Bertz CT molecular complexity index is 1440. The number of nitrogens with zero attached hydrogens (tertiary/aromatic N) is 5. The van der Waals surface area contributed by atoms with Crippen LogP contribution in [0.5, 0.6) is 0 Å². The van der Waals surface area contributed by atoms with E-state index in [-0.39, 0.29) is 12.1 Å². The lowest BCUT2D eigenvalue weighted by molar-refractivity contribution is 0.0117. The molecule has 1 fully saturated rings. The van der Waals surface area contributed by atoms with E-state index in [1.807, 2.05) is 62.7 Å². The summed E-state index contributed by atoms with van der Waals surface area (Å²) in [6.07, 6.45) is 6.87. The maximum absolute atomic E-state index is 12.7. The van der Waals surface area contributed by atoms with Crippen LogP contribution in [-0.2, 0) is 17.4 Å². The van der Waals surface area contributed by atoms with Gasteiger partial charge in [0.1, 0.15) is 11.2 Å². The zero-order valence-corrected chi connectivity index (χ0v) is 25.1. The molecule has 1 N–H and O–H groups in total. The topological polar surface area (TPSA) is 83.7 Å². The molecule has 1 saturated heterocycles. The third-order valence-electron chi connectivity index (χ3n) is 7.25. The lowest BCUT2D eigenvalue weighted by Gasteiger charge is -2.40. The molecule has 2 atom stereocenters. The maximum atomic E-state index is 12.7. The Morgan fingerprint density at radius 3 is 2.49 bits per heavy atom. The van der Waals surface area contributed by atoms with Gasteiger partial charge in [0, 0.05) is 48.9 Å². The van der Waals surface area contributed by atoms with Gasteiger partial charge in [0.15, 0.2) is 0 Å². The number of aromatic nitrogens is 3. The van der Waals surface area contributed by atoms with Gasteiger partial charge >= 0.3 is 6.09 Å². The molecule has 1 aliphatic carbocycles. The van der Waals surface area contributed by atoms with E-state index in [9.17, 15) is 9.90 Å². The highest BCUT2D eigenvalue weighted by Crippen LogP contribution is 2.46. The number of aryl methyl sites for hydroxylation is 1. The molecule has 8 nitrogen and oxygen atoms in total. The van der Waals surface area contributed by atoms with Gasteiger partial charge in [-0.2, -0.15) is 0 Å². The van der Waals surface area contributed by atoms with Gasteiger partial charge in [0.2, 0.25) is 0 Å². The van der Waals surface area contributed by atoms with Crippen molar-refractivity contribution in [1.82, 2.24) is 24.3 Å². The van der Waals surface area contributed by atoms with E-state index in [1.54, 1.807) is 30.5 Å². The fourth-order valence-corrected chi connectivity index (χ4v) is 5.94. The average molecular weight is 615 g/mol. The quantitative estimate of drug-likeness (QED) is 0.412. The van der Waals surface area contributed by atoms with Crippen LogP contribution in [-0.4, -0.2) is 67.3 Å². The predicted molar refractivity (Wildman–Crippen MR) is 155 cm³/mol. The third kappa shape index (κ3) is 5.50. The smallest absolute Gasteiger partial charge is 0.410 e. The first-order chi connectivity index (χ1) is 18.3. The van der Waals surface area contributed by atoms with Crippen molar-refractivity contribution in [3.63, 3.8) is 0 Å². The zero-order chi connectivity index (χ0) is 28.1. The van der Waals surface area contributed by atoms with Crippen molar-refractivity contribution in [1.29, 1.82) is 0 Å². The fraction of sp³-hybridized carbons (Fsp3) is 0.414. The molecule has 206 valence electrons. The van der Waals surface area contributed by atoms with Gasteiger partial charge in [-0.05, 0) is 90.2 Å². The first kappa shape index (κ1) is 27.8. The van der Waals surface area contributed by atoms with E-state index in [4.69, 9.17) is 21.3 Å². The van der Waals surface area contributed by atoms with Crippen LogP contribution in [0, 0.1) is 0 Å². The van der Waals surface area contributed by atoms with Gasteiger partial charge in [-0.25, -0.2) is 9.78 Å². The van der Waals surface area contributed by atoms with Crippen molar-refractivity contribution in [2.75, 3.05) is 26.2 Å². The van der Waals surface area contributed by atoms with Crippen LogP contribution in [0.1, 0.15) is 61.8 Å². The zero-order valence-electron chi connectivity index (χ0n) is 22.8. The largest absolute Gasteiger partial charge is 0.444 e. The second-order valence-corrected chi connectivity index (χ2v) is 12.6. The van der Waals surface area contributed by atoms with E-state index >= 15 is 0 Å². The molecule has 0 spiro atoms. The van der Waals surface area contributed by atoms with Crippen molar-refractivity contribution < 1.29 is 14.6 Å². The summed E-state index contributed by atoms with van der Waals surface area (Å²) in [6, 6.07) is 7.63. The summed E-state index contributed by atoms with van der Waals surface area (Å²) >= 11 is 10.1. The molecule has 1 aromatic carbocycles. The van der Waals surface area contributed by atoms with Gasteiger partial charge in [0.25, 0.3) is 0 Å². The number of amides is 1. The summed E-state index contributed by atoms with van der Waals surface area (Å²) in [5.41, 5.74) is 3.07. The summed E-state index contributed by atoms with van der Waals surface area (Å²) in [5, 5.41) is 12.6. The number of carbonyl (C=O) groups excluding carboxylic acids is 1. The number of hydrogen-bond donors (Lipinski definition) is 1. The molecule has 10 heteroatoms. The van der Waals surface area contributed by atoms with E-state index in [1.165, 1.54) is 0 Å². The molecule has 2 aliphatic rings. The van der Waals surface area contributed by atoms with Crippen molar-refractivity contribution in [2.45, 2.75) is 44.9 Å². The number of imidazole rings is 1. The van der Waals surface area contributed by atoms with Gasteiger partial charge in [-0.15, -0.1) is 0 Å². The number of pyridine rings is 1. The highest BCUT2D eigenvalue weighted by Gasteiger charge is 2.39. The Hall–Kier alpha value is -2.72. The summed E-state index contributed by atoms with van der Waals surface area (Å²) in [7, 11) is 1.87. The van der Waals surface area contributed by atoms with Crippen LogP contribution in [0.2, 0.25) is 5.02 Å². The van der Waals surface area contributed by atoms with Gasteiger partial charge in [-0.1, -0.05) is 17.7 Å². The molecule has 5 rings (SSSR count). The van der Waals surface area contributed by atoms with E-state index in [0.29, 0.717) is 42.5 Å². The van der Waals surface area contributed by atoms with Crippen molar-refractivity contribution in [2.24, 2.45) is 7.05 Å². The molecule has 3 heterocycles. The SMILES string of the molecule is Cn1cncc1C(C)(O)C1=Cc2cc(Br)cnc2[C@H](N2CCN(C(=O)OC(C)(C)C)CC2)c2ccc(Cl)cc21. The average Bonchev–Trinajstić information content (AvgIpc) is 3.24. The second kappa shape index (κ2) is 10.4. The highest BCUT2D eigenvalue weighted by atomic mass is 79.9. The van der Waals surface area contributed by atoms with Crippen LogP contribution in [0.15, 0.2) is 47.5 Å². The number of halogens is 2. The van der Waals surface area contributed by atoms with Crippen molar-refractivity contribution in [3.05, 3.63) is 80.6 Å². The Morgan fingerprint density at radius 2 is 1.85 bits per heavy atom. The molecule has 1 aliphatic heterocycles. The number of piperazine rings is 1. The summed E-state index contributed by atoms with van der Waals surface area (Å²) < 4.78 is 8.27. The van der Waals surface area contributed by atoms with E-state index in [0.717, 1.165) is 26.9 Å². The maximum Gasteiger partial charge on any atom is 0.410 e. The summed E-state index contributed by atoms with van der Waals surface area (Å²) in [6.45, 7) is 9.75. The number of aliphatic hydroxyl groups is 1. The normalized spacial score (nSPS) is 19.4. The minimum Gasteiger partial charge on any atom is -0.444 e. The Kier molecular flexibility index (Phi) is 7.39. The molecule has 0 saturated carbocycles. The van der Waals surface area contributed by atoms with Gasteiger partial charge in [-0.3, -0.25) is 9.88 Å².